The molecule has 2 aromatic rings. The lowest BCUT2D eigenvalue weighted by Gasteiger charge is -2.06. The Morgan fingerprint density at radius 1 is 1.20 bits per heavy atom. The highest BCUT2D eigenvalue weighted by Gasteiger charge is 2.14. The zero-order chi connectivity index (χ0) is 14.4. The summed E-state index contributed by atoms with van der Waals surface area (Å²) >= 11 is 0. The van der Waals surface area contributed by atoms with Crippen molar-refractivity contribution in [3.63, 3.8) is 0 Å². The lowest BCUT2D eigenvalue weighted by Crippen LogP contribution is -2.34. The Labute approximate surface area is 116 Å². The Hall–Kier alpha value is -2.31. The number of amides is 2. The topological polar surface area (TPSA) is 93.2 Å². The van der Waals surface area contributed by atoms with Gasteiger partial charge in [0.15, 0.2) is 0 Å². The van der Waals surface area contributed by atoms with E-state index >= 15 is 0 Å². The number of urea groups is 1. The molecule has 0 saturated heterocycles. The summed E-state index contributed by atoms with van der Waals surface area (Å²) in [5, 5.41) is 13.2. The minimum atomic E-state index is -0.265. The van der Waals surface area contributed by atoms with Gasteiger partial charge in [0.1, 0.15) is 17.7 Å². The molecule has 0 aliphatic carbocycles. The molecular weight excluding hydrogens is 260 g/mol. The van der Waals surface area contributed by atoms with Gasteiger partial charge in [0, 0.05) is 24.6 Å². The summed E-state index contributed by atoms with van der Waals surface area (Å²) in [6, 6.07) is 1.43. The van der Waals surface area contributed by atoms with Crippen molar-refractivity contribution < 1.29 is 13.8 Å². The first-order chi connectivity index (χ1) is 9.74. The Bertz CT molecular complexity index is 526. The molecule has 0 atom stereocenters. The van der Waals surface area contributed by atoms with E-state index in [9.17, 15) is 4.79 Å². The zero-order valence-corrected chi connectivity index (χ0v) is 11.6. The van der Waals surface area contributed by atoms with Gasteiger partial charge in [-0.05, 0) is 6.42 Å². The molecule has 0 radical (unpaired) electrons. The van der Waals surface area contributed by atoms with Gasteiger partial charge in [-0.15, -0.1) is 0 Å². The predicted molar refractivity (Wildman–Crippen MR) is 70.8 cm³/mol. The number of rotatable bonds is 6. The highest BCUT2D eigenvalue weighted by atomic mass is 16.5. The first kappa shape index (κ1) is 14.1. The first-order valence-corrected chi connectivity index (χ1v) is 6.61. The Morgan fingerprint density at radius 3 is 2.65 bits per heavy atom. The molecular formula is C13H18N4O3. The van der Waals surface area contributed by atoms with Gasteiger partial charge in [-0.3, -0.25) is 0 Å². The van der Waals surface area contributed by atoms with E-state index in [-0.39, 0.29) is 6.03 Å². The fourth-order valence-electron chi connectivity index (χ4n) is 1.87. The van der Waals surface area contributed by atoms with Crippen molar-refractivity contribution in [2.24, 2.45) is 0 Å². The summed E-state index contributed by atoms with van der Waals surface area (Å²) in [5.41, 5.74) is 2.53. The average Bonchev–Trinajstić information content (AvgIpc) is 3.11. The first-order valence-electron chi connectivity index (χ1n) is 6.61. The van der Waals surface area contributed by atoms with Gasteiger partial charge >= 0.3 is 6.03 Å². The highest BCUT2D eigenvalue weighted by molar-refractivity contribution is 5.73. The molecule has 0 spiro atoms. The smallest absolute Gasteiger partial charge is 0.315 e. The second-order valence-electron chi connectivity index (χ2n) is 4.27. The number of aryl methyl sites for hydroxylation is 2. The van der Waals surface area contributed by atoms with Crippen LogP contribution in [0.3, 0.4) is 0 Å². The van der Waals surface area contributed by atoms with Gasteiger partial charge in [-0.25, -0.2) is 4.79 Å². The Balaban J connectivity index is 1.85. The van der Waals surface area contributed by atoms with Gasteiger partial charge in [-0.2, -0.15) is 0 Å². The highest BCUT2D eigenvalue weighted by Crippen LogP contribution is 2.15. The van der Waals surface area contributed by atoms with Gasteiger partial charge in [0.2, 0.25) is 0 Å². The molecule has 7 heteroatoms. The molecule has 0 bridgehead atoms. The maximum atomic E-state index is 11.7. The number of hydrogen-bond acceptors (Lipinski definition) is 5. The van der Waals surface area contributed by atoms with E-state index in [1.807, 2.05) is 13.8 Å². The third kappa shape index (κ3) is 3.37. The van der Waals surface area contributed by atoms with Gasteiger partial charge in [-0.1, -0.05) is 24.2 Å². The molecule has 0 aliphatic rings. The van der Waals surface area contributed by atoms with E-state index < -0.39 is 0 Å². The molecule has 2 aromatic heterocycles. The number of hydrogen-bond donors (Lipinski definition) is 2. The van der Waals surface area contributed by atoms with Crippen molar-refractivity contribution >= 4 is 6.03 Å². The monoisotopic (exact) mass is 278 g/mol. The van der Waals surface area contributed by atoms with E-state index in [0.29, 0.717) is 18.8 Å². The van der Waals surface area contributed by atoms with Crippen molar-refractivity contribution in [3.05, 3.63) is 35.0 Å². The molecule has 0 unspecified atom stereocenters. The van der Waals surface area contributed by atoms with Crippen molar-refractivity contribution in [2.45, 2.75) is 39.8 Å². The summed E-state index contributed by atoms with van der Waals surface area (Å²) in [7, 11) is 0. The third-order valence-electron chi connectivity index (χ3n) is 2.95. The molecule has 0 aliphatic heterocycles. The summed E-state index contributed by atoms with van der Waals surface area (Å²) < 4.78 is 9.93. The number of carbonyl (C=O) groups is 1. The van der Waals surface area contributed by atoms with E-state index in [0.717, 1.165) is 29.9 Å². The second kappa shape index (κ2) is 6.74. The van der Waals surface area contributed by atoms with Crippen LogP contribution in [-0.2, 0) is 25.9 Å². The number of carbonyl (C=O) groups excluding carboxylic acids is 1. The SMILES string of the molecule is CCc1noc(CC)c1CNC(=O)NCc1ccon1. The van der Waals surface area contributed by atoms with Crippen molar-refractivity contribution in [1.82, 2.24) is 20.9 Å². The maximum absolute atomic E-state index is 11.7. The summed E-state index contributed by atoms with van der Waals surface area (Å²) in [5.74, 6) is 0.818. The molecule has 108 valence electrons. The average molecular weight is 278 g/mol. The van der Waals surface area contributed by atoms with Crippen LogP contribution >= 0.6 is 0 Å². The lowest BCUT2D eigenvalue weighted by molar-refractivity contribution is 0.239. The van der Waals surface area contributed by atoms with Crippen LogP contribution in [0.25, 0.3) is 0 Å². The minimum Gasteiger partial charge on any atom is -0.364 e. The van der Waals surface area contributed by atoms with Crippen LogP contribution in [0.4, 0.5) is 4.79 Å². The second-order valence-corrected chi connectivity index (χ2v) is 4.27. The molecule has 2 amide bonds. The van der Waals surface area contributed by atoms with Crippen LogP contribution in [0.1, 0.15) is 36.6 Å². The van der Waals surface area contributed by atoms with E-state index in [1.54, 1.807) is 6.07 Å². The minimum absolute atomic E-state index is 0.265. The van der Waals surface area contributed by atoms with Gasteiger partial charge in [0.05, 0.1) is 12.2 Å². The molecule has 2 N–H and O–H groups in total. The van der Waals surface area contributed by atoms with Crippen molar-refractivity contribution in [1.29, 1.82) is 0 Å². The maximum Gasteiger partial charge on any atom is 0.315 e. The van der Waals surface area contributed by atoms with Crippen LogP contribution in [0.2, 0.25) is 0 Å². The largest absolute Gasteiger partial charge is 0.364 e. The van der Waals surface area contributed by atoms with E-state index in [2.05, 4.69) is 25.5 Å². The number of aromatic nitrogens is 2. The predicted octanol–water partition coefficient (Wildman–Crippen LogP) is 1.79. The molecule has 0 aromatic carbocycles. The Morgan fingerprint density at radius 2 is 2.00 bits per heavy atom. The fourth-order valence-corrected chi connectivity index (χ4v) is 1.87. The van der Waals surface area contributed by atoms with Crippen LogP contribution in [0.15, 0.2) is 21.4 Å². The van der Waals surface area contributed by atoms with Crippen LogP contribution < -0.4 is 10.6 Å². The van der Waals surface area contributed by atoms with E-state index in [1.165, 1.54) is 6.26 Å². The van der Waals surface area contributed by atoms with Crippen molar-refractivity contribution in [3.8, 4) is 0 Å². The summed E-state index contributed by atoms with van der Waals surface area (Å²) in [6.45, 7) is 4.73. The summed E-state index contributed by atoms with van der Waals surface area (Å²) in [6.07, 6.45) is 3.00. The molecule has 2 rings (SSSR count). The summed E-state index contributed by atoms with van der Waals surface area (Å²) in [4.78, 5) is 11.7. The molecule has 0 fully saturated rings. The molecule has 0 saturated carbocycles. The quantitative estimate of drug-likeness (QED) is 0.840. The standard InChI is InChI=1S/C13H18N4O3/c1-3-11-10(12(4-2)20-17-11)8-15-13(18)14-7-9-5-6-19-16-9/h5-6H,3-4,7-8H2,1-2H3,(H2,14,15,18). The third-order valence-corrected chi connectivity index (χ3v) is 2.95. The van der Waals surface area contributed by atoms with Gasteiger partial charge in [0.25, 0.3) is 0 Å². The zero-order valence-electron chi connectivity index (χ0n) is 11.6. The molecule has 2 heterocycles. The Kier molecular flexibility index (Phi) is 4.75. The normalized spacial score (nSPS) is 10.5. The molecule has 20 heavy (non-hydrogen) atoms. The van der Waals surface area contributed by atoms with E-state index in [4.69, 9.17) is 4.52 Å². The van der Waals surface area contributed by atoms with Gasteiger partial charge < -0.3 is 19.7 Å². The number of nitrogens with zero attached hydrogens (tertiary/aromatic N) is 2. The lowest BCUT2D eigenvalue weighted by atomic mass is 10.1. The number of nitrogens with one attached hydrogen (secondary N) is 2. The van der Waals surface area contributed by atoms with Crippen molar-refractivity contribution in [2.75, 3.05) is 0 Å². The molecule has 7 nitrogen and oxygen atoms in total. The van der Waals surface area contributed by atoms with Crippen LogP contribution in [0, 0.1) is 0 Å². The fraction of sp³-hybridized carbons (Fsp3) is 0.462. The van der Waals surface area contributed by atoms with Crippen LogP contribution in [0.5, 0.6) is 0 Å². The van der Waals surface area contributed by atoms with Crippen LogP contribution in [-0.4, -0.2) is 16.3 Å².